The Balaban J connectivity index is 1.72. The number of rotatable bonds is 4. The average molecular weight is 370 g/mol. The Morgan fingerprint density at radius 2 is 1.61 bits per heavy atom. The third kappa shape index (κ3) is 3.30. The fourth-order valence-corrected chi connectivity index (χ4v) is 3.15. The third-order valence-corrected chi connectivity index (χ3v) is 4.62. The smallest absolute Gasteiger partial charge is 0.337 e. The summed E-state index contributed by atoms with van der Waals surface area (Å²) in [6.45, 7) is 2.04. The van der Waals surface area contributed by atoms with E-state index in [0.717, 1.165) is 22.3 Å². The van der Waals surface area contributed by atoms with Crippen LogP contribution in [0.25, 0.3) is 34.0 Å². The van der Waals surface area contributed by atoms with E-state index in [-0.39, 0.29) is 0 Å². The van der Waals surface area contributed by atoms with Crippen molar-refractivity contribution >= 4 is 5.97 Å². The molecule has 0 saturated carbocycles. The van der Waals surface area contributed by atoms with Crippen LogP contribution in [0.5, 0.6) is 0 Å². The van der Waals surface area contributed by atoms with Crippen LogP contribution in [0.4, 0.5) is 0 Å². The summed E-state index contributed by atoms with van der Waals surface area (Å²) in [5, 5.41) is 4.09. The average Bonchev–Trinajstić information content (AvgIpc) is 3.24. The van der Waals surface area contributed by atoms with Crippen molar-refractivity contribution in [1.82, 2.24) is 10.1 Å². The predicted octanol–water partition coefficient (Wildman–Crippen LogP) is 5.17. The molecule has 3 aromatic carbocycles. The molecule has 0 aliphatic rings. The normalized spacial score (nSPS) is 10.6. The molecule has 5 nitrogen and oxygen atoms in total. The summed E-state index contributed by atoms with van der Waals surface area (Å²) in [5.74, 6) is 0.455. The van der Waals surface area contributed by atoms with Crippen molar-refractivity contribution in [2.24, 2.45) is 0 Å². The molecule has 28 heavy (non-hydrogen) atoms. The van der Waals surface area contributed by atoms with Crippen LogP contribution in [-0.4, -0.2) is 23.2 Å². The van der Waals surface area contributed by atoms with Gasteiger partial charge in [-0.25, -0.2) is 4.79 Å². The van der Waals surface area contributed by atoms with E-state index in [1.165, 1.54) is 7.11 Å². The highest BCUT2D eigenvalue weighted by Gasteiger charge is 2.16. The van der Waals surface area contributed by atoms with Crippen molar-refractivity contribution in [3.05, 3.63) is 83.9 Å². The first kappa shape index (κ1) is 17.7. The zero-order valence-electron chi connectivity index (χ0n) is 15.5. The maximum atomic E-state index is 11.8. The van der Waals surface area contributed by atoms with E-state index in [9.17, 15) is 4.79 Å². The number of carbonyl (C=O) groups is 1. The number of ether oxygens (including phenoxy) is 1. The lowest BCUT2D eigenvalue weighted by Crippen LogP contribution is -2.00. The van der Waals surface area contributed by atoms with Crippen molar-refractivity contribution in [2.45, 2.75) is 6.92 Å². The monoisotopic (exact) mass is 370 g/mol. The minimum absolute atomic E-state index is 0.406. The third-order valence-electron chi connectivity index (χ3n) is 4.62. The molecular formula is C23H18N2O3. The Morgan fingerprint density at radius 1 is 0.893 bits per heavy atom. The number of nitrogens with zero attached hydrogens (tertiary/aromatic N) is 2. The molecule has 0 aliphatic carbocycles. The number of hydrogen-bond donors (Lipinski definition) is 0. The standard InChI is InChI=1S/C23H18N2O3/c1-15-19(16-8-4-3-5-9-16)12-7-13-20(15)22-24-21(25-28-22)17-10-6-11-18(14-17)23(26)27-2/h3-14H,1-2H3. The zero-order chi connectivity index (χ0) is 19.5. The molecule has 0 bridgehead atoms. The van der Waals surface area contributed by atoms with Gasteiger partial charge in [0.05, 0.1) is 12.7 Å². The van der Waals surface area contributed by atoms with Gasteiger partial charge in [0.2, 0.25) is 5.82 Å². The SMILES string of the molecule is COC(=O)c1cccc(-c2noc(-c3cccc(-c4ccccc4)c3C)n2)c1. The topological polar surface area (TPSA) is 65.2 Å². The van der Waals surface area contributed by atoms with Crippen molar-refractivity contribution in [3.8, 4) is 34.0 Å². The van der Waals surface area contributed by atoms with Gasteiger partial charge in [0.25, 0.3) is 5.89 Å². The van der Waals surface area contributed by atoms with Crippen LogP contribution >= 0.6 is 0 Å². The summed E-state index contributed by atoms with van der Waals surface area (Å²) in [6.07, 6.45) is 0. The molecule has 4 aromatic rings. The van der Waals surface area contributed by atoms with Crippen molar-refractivity contribution in [2.75, 3.05) is 7.11 Å². The molecule has 1 aromatic heterocycles. The molecule has 4 rings (SSSR count). The molecule has 138 valence electrons. The van der Waals surface area contributed by atoms with Gasteiger partial charge < -0.3 is 9.26 Å². The fourth-order valence-electron chi connectivity index (χ4n) is 3.15. The highest BCUT2D eigenvalue weighted by Crippen LogP contribution is 2.32. The zero-order valence-corrected chi connectivity index (χ0v) is 15.5. The van der Waals surface area contributed by atoms with Crippen molar-refractivity contribution in [3.63, 3.8) is 0 Å². The molecule has 5 heteroatoms. The van der Waals surface area contributed by atoms with Crippen LogP contribution in [0.2, 0.25) is 0 Å². The van der Waals surface area contributed by atoms with E-state index in [1.54, 1.807) is 18.2 Å². The highest BCUT2D eigenvalue weighted by molar-refractivity contribution is 5.90. The molecule has 0 aliphatic heterocycles. The summed E-state index contributed by atoms with van der Waals surface area (Å²) in [7, 11) is 1.35. The van der Waals surface area contributed by atoms with Crippen LogP contribution in [0.15, 0.2) is 77.3 Å². The molecule has 0 saturated heterocycles. The minimum atomic E-state index is -0.406. The number of esters is 1. The van der Waals surface area contributed by atoms with Crippen LogP contribution in [0.1, 0.15) is 15.9 Å². The molecule has 0 atom stereocenters. The fraction of sp³-hybridized carbons (Fsp3) is 0.0870. The second-order valence-corrected chi connectivity index (χ2v) is 6.34. The molecule has 0 spiro atoms. The van der Waals surface area contributed by atoms with Gasteiger partial charge in [0.15, 0.2) is 0 Å². The summed E-state index contributed by atoms with van der Waals surface area (Å²) in [5.41, 5.74) is 5.32. The van der Waals surface area contributed by atoms with E-state index < -0.39 is 5.97 Å². The second-order valence-electron chi connectivity index (χ2n) is 6.34. The van der Waals surface area contributed by atoms with E-state index >= 15 is 0 Å². The Hall–Kier alpha value is -3.73. The first-order valence-corrected chi connectivity index (χ1v) is 8.85. The van der Waals surface area contributed by atoms with Crippen LogP contribution in [-0.2, 0) is 4.74 Å². The molecule has 0 amide bonds. The van der Waals surface area contributed by atoms with Gasteiger partial charge in [0.1, 0.15) is 0 Å². The lowest BCUT2D eigenvalue weighted by molar-refractivity contribution is 0.0601. The second kappa shape index (κ2) is 7.48. The molecule has 0 fully saturated rings. The Kier molecular flexibility index (Phi) is 4.72. The maximum Gasteiger partial charge on any atom is 0.337 e. The number of methoxy groups -OCH3 is 1. The van der Waals surface area contributed by atoms with Gasteiger partial charge in [0, 0.05) is 11.1 Å². The first-order valence-electron chi connectivity index (χ1n) is 8.85. The Morgan fingerprint density at radius 3 is 2.39 bits per heavy atom. The van der Waals surface area contributed by atoms with E-state index in [1.807, 2.05) is 43.3 Å². The Labute approximate surface area is 162 Å². The van der Waals surface area contributed by atoms with Gasteiger partial charge >= 0.3 is 5.97 Å². The number of carbonyl (C=O) groups excluding carboxylic acids is 1. The molecule has 1 heterocycles. The van der Waals surface area contributed by atoms with Gasteiger partial charge in [-0.1, -0.05) is 59.8 Å². The van der Waals surface area contributed by atoms with Crippen LogP contribution < -0.4 is 0 Å². The minimum Gasteiger partial charge on any atom is -0.465 e. The lowest BCUT2D eigenvalue weighted by Gasteiger charge is -2.08. The highest BCUT2D eigenvalue weighted by atomic mass is 16.5. The first-order chi connectivity index (χ1) is 13.7. The largest absolute Gasteiger partial charge is 0.465 e. The molecule has 0 unspecified atom stereocenters. The Bertz CT molecular complexity index is 1130. The quantitative estimate of drug-likeness (QED) is 0.464. The van der Waals surface area contributed by atoms with Gasteiger partial charge in [-0.05, 0) is 41.8 Å². The number of aromatic nitrogens is 2. The molecule has 0 radical (unpaired) electrons. The predicted molar refractivity (Wildman–Crippen MR) is 107 cm³/mol. The summed E-state index contributed by atoms with van der Waals surface area (Å²) >= 11 is 0. The summed E-state index contributed by atoms with van der Waals surface area (Å²) in [6, 6.07) is 23.1. The summed E-state index contributed by atoms with van der Waals surface area (Å²) < 4.78 is 10.3. The van der Waals surface area contributed by atoms with Gasteiger partial charge in [-0.15, -0.1) is 0 Å². The maximum absolute atomic E-state index is 11.8. The van der Waals surface area contributed by atoms with Gasteiger partial charge in [-0.3, -0.25) is 0 Å². The van der Waals surface area contributed by atoms with Crippen molar-refractivity contribution in [1.29, 1.82) is 0 Å². The van der Waals surface area contributed by atoms with Crippen molar-refractivity contribution < 1.29 is 14.1 Å². The van der Waals surface area contributed by atoms with Crippen LogP contribution in [0, 0.1) is 6.92 Å². The van der Waals surface area contributed by atoms with Gasteiger partial charge in [-0.2, -0.15) is 4.98 Å². The number of benzene rings is 3. The number of hydrogen-bond acceptors (Lipinski definition) is 5. The van der Waals surface area contributed by atoms with E-state index in [4.69, 9.17) is 9.26 Å². The molecule has 0 N–H and O–H groups in total. The molecular weight excluding hydrogens is 352 g/mol. The van der Waals surface area contributed by atoms with E-state index in [0.29, 0.717) is 22.8 Å². The van der Waals surface area contributed by atoms with E-state index in [2.05, 4.69) is 28.3 Å². The lowest BCUT2D eigenvalue weighted by atomic mass is 9.96. The van der Waals surface area contributed by atoms with Crippen LogP contribution in [0.3, 0.4) is 0 Å². The summed E-state index contributed by atoms with van der Waals surface area (Å²) in [4.78, 5) is 16.3.